The second-order valence-corrected chi connectivity index (χ2v) is 5.78. The average molecular weight is 257 g/mol. The number of nitrogens with two attached hydrogens (primary N) is 1. The highest BCUT2D eigenvalue weighted by molar-refractivity contribution is 5.92. The minimum atomic E-state index is -0.333. The number of nitrogens with zero attached hydrogens (tertiary/aromatic N) is 1. The van der Waals surface area contributed by atoms with Crippen LogP contribution in [0.15, 0.2) is 24.3 Å². The molecule has 0 aromatic heterocycles. The predicted octanol–water partition coefficient (Wildman–Crippen LogP) is 2.33. The molecule has 1 radical (unpaired) electrons. The van der Waals surface area contributed by atoms with Crippen molar-refractivity contribution in [1.82, 2.24) is 4.90 Å². The maximum absolute atomic E-state index is 11.3. The number of carbonyl (C=O) groups excluding carboxylic acids is 1. The van der Waals surface area contributed by atoms with Gasteiger partial charge in [-0.15, -0.1) is 0 Å². The minimum Gasteiger partial charge on any atom is -0.366 e. The highest BCUT2D eigenvalue weighted by Gasteiger charge is 2.40. The van der Waals surface area contributed by atoms with Crippen LogP contribution < -0.4 is 5.73 Å². The topological polar surface area (TPSA) is 46.3 Å². The highest BCUT2D eigenvalue weighted by atomic mass is 16.1. The number of primary amides is 1. The molecule has 2 N–H and O–H groups in total. The Morgan fingerprint density at radius 3 is 2.58 bits per heavy atom. The molecule has 1 amide bonds. The Labute approximate surface area is 114 Å². The Balaban J connectivity index is 1.81. The summed E-state index contributed by atoms with van der Waals surface area (Å²) < 4.78 is 0. The van der Waals surface area contributed by atoms with Gasteiger partial charge in [0.2, 0.25) is 5.91 Å². The van der Waals surface area contributed by atoms with E-state index in [-0.39, 0.29) is 5.91 Å². The maximum atomic E-state index is 11.3. The molecule has 2 saturated heterocycles. The Kier molecular flexibility index (Phi) is 3.31. The molecule has 1 aromatic carbocycles. The molecule has 0 aliphatic carbocycles. The van der Waals surface area contributed by atoms with Crippen LogP contribution in [0.2, 0.25) is 0 Å². The first-order chi connectivity index (χ1) is 9.19. The molecule has 0 spiro atoms. The fourth-order valence-corrected chi connectivity index (χ4v) is 3.86. The molecule has 0 saturated carbocycles. The van der Waals surface area contributed by atoms with Gasteiger partial charge in [-0.05, 0) is 62.8 Å². The number of rotatable bonds is 3. The van der Waals surface area contributed by atoms with Crippen LogP contribution in [0.25, 0.3) is 0 Å². The van der Waals surface area contributed by atoms with E-state index in [1.54, 1.807) is 6.07 Å². The number of benzene rings is 1. The van der Waals surface area contributed by atoms with E-state index in [4.69, 9.17) is 5.73 Å². The van der Waals surface area contributed by atoms with Gasteiger partial charge in [-0.25, -0.2) is 0 Å². The van der Waals surface area contributed by atoms with Gasteiger partial charge >= 0.3 is 0 Å². The highest BCUT2D eigenvalue weighted by Crippen LogP contribution is 2.42. The van der Waals surface area contributed by atoms with Crippen LogP contribution in [0.4, 0.5) is 0 Å². The van der Waals surface area contributed by atoms with Crippen LogP contribution in [0, 0.1) is 6.92 Å². The lowest BCUT2D eigenvalue weighted by molar-refractivity contribution is 0.1000. The summed E-state index contributed by atoms with van der Waals surface area (Å²) in [7, 11) is 0. The van der Waals surface area contributed by atoms with Crippen LogP contribution in [-0.2, 0) is 0 Å². The molecular weight excluding hydrogens is 236 g/mol. The zero-order valence-electron chi connectivity index (χ0n) is 11.2. The van der Waals surface area contributed by atoms with Crippen molar-refractivity contribution < 1.29 is 4.79 Å². The van der Waals surface area contributed by atoms with Crippen molar-refractivity contribution >= 4 is 5.91 Å². The molecule has 2 heterocycles. The third-order valence-corrected chi connectivity index (χ3v) is 4.79. The summed E-state index contributed by atoms with van der Waals surface area (Å²) in [6, 6.07) is 9.22. The quantitative estimate of drug-likeness (QED) is 0.903. The van der Waals surface area contributed by atoms with Crippen LogP contribution in [0.3, 0.4) is 0 Å². The second-order valence-electron chi connectivity index (χ2n) is 5.78. The maximum Gasteiger partial charge on any atom is 0.248 e. The van der Waals surface area contributed by atoms with Gasteiger partial charge in [0, 0.05) is 17.6 Å². The summed E-state index contributed by atoms with van der Waals surface area (Å²) in [6.45, 7) is 4.97. The Morgan fingerprint density at radius 1 is 1.32 bits per heavy atom. The fraction of sp³-hybridized carbons (Fsp3) is 0.500. The predicted molar refractivity (Wildman–Crippen MR) is 75.8 cm³/mol. The lowest BCUT2D eigenvalue weighted by Crippen LogP contribution is -2.42. The lowest BCUT2D eigenvalue weighted by atomic mass is 9.84. The summed E-state index contributed by atoms with van der Waals surface area (Å²) >= 11 is 0. The largest absolute Gasteiger partial charge is 0.366 e. The molecule has 3 rings (SSSR count). The zero-order chi connectivity index (χ0) is 13.4. The van der Waals surface area contributed by atoms with E-state index in [0.29, 0.717) is 23.6 Å². The minimum absolute atomic E-state index is 0.333. The number of carbonyl (C=O) groups is 1. The Hall–Kier alpha value is -1.35. The molecule has 2 unspecified atom stereocenters. The molecule has 1 aromatic rings. The molecule has 2 aliphatic heterocycles. The number of hydrogen-bond donors (Lipinski definition) is 1. The van der Waals surface area contributed by atoms with Crippen LogP contribution >= 0.6 is 0 Å². The molecule has 2 aliphatic rings. The van der Waals surface area contributed by atoms with E-state index in [1.807, 2.05) is 12.1 Å². The number of piperidine rings is 1. The SMILES string of the molecule is [CH2]CN1C2CCC1CC(c1cccc(C(N)=O)c1)C2. The third kappa shape index (κ3) is 2.27. The van der Waals surface area contributed by atoms with Gasteiger partial charge < -0.3 is 5.73 Å². The van der Waals surface area contributed by atoms with E-state index >= 15 is 0 Å². The molecule has 3 nitrogen and oxygen atoms in total. The van der Waals surface area contributed by atoms with E-state index in [0.717, 1.165) is 6.54 Å². The molecule has 101 valence electrons. The normalized spacial score (nSPS) is 30.5. The van der Waals surface area contributed by atoms with E-state index in [1.165, 1.54) is 31.2 Å². The second kappa shape index (κ2) is 4.97. The summed E-state index contributed by atoms with van der Waals surface area (Å²) in [5, 5.41) is 0. The fourth-order valence-electron chi connectivity index (χ4n) is 3.86. The van der Waals surface area contributed by atoms with Crippen molar-refractivity contribution in [2.45, 2.75) is 43.7 Å². The van der Waals surface area contributed by atoms with Gasteiger partial charge in [0.25, 0.3) is 0 Å². The van der Waals surface area contributed by atoms with Gasteiger partial charge in [-0.1, -0.05) is 12.1 Å². The summed E-state index contributed by atoms with van der Waals surface area (Å²) in [4.78, 5) is 13.8. The zero-order valence-corrected chi connectivity index (χ0v) is 11.2. The first-order valence-corrected chi connectivity index (χ1v) is 7.13. The Morgan fingerprint density at radius 2 is 2.00 bits per heavy atom. The summed E-state index contributed by atoms with van der Waals surface area (Å²) in [6.07, 6.45) is 4.97. The van der Waals surface area contributed by atoms with E-state index in [9.17, 15) is 4.79 Å². The third-order valence-electron chi connectivity index (χ3n) is 4.79. The van der Waals surface area contributed by atoms with Crippen molar-refractivity contribution in [2.75, 3.05) is 6.54 Å². The first kappa shape index (κ1) is 12.7. The summed E-state index contributed by atoms with van der Waals surface area (Å²) in [5.41, 5.74) is 7.27. The monoisotopic (exact) mass is 257 g/mol. The van der Waals surface area contributed by atoms with Gasteiger partial charge in [0.15, 0.2) is 0 Å². The first-order valence-electron chi connectivity index (χ1n) is 7.13. The number of fused-ring (bicyclic) bond motifs is 2. The van der Waals surface area contributed by atoms with Crippen molar-refractivity contribution in [3.05, 3.63) is 42.3 Å². The molecule has 2 atom stereocenters. The van der Waals surface area contributed by atoms with Gasteiger partial charge in [-0.2, -0.15) is 0 Å². The molecule has 19 heavy (non-hydrogen) atoms. The van der Waals surface area contributed by atoms with Gasteiger partial charge in [-0.3, -0.25) is 9.69 Å². The Bertz CT molecular complexity index is 471. The average Bonchev–Trinajstić information content (AvgIpc) is 2.67. The van der Waals surface area contributed by atoms with Crippen LogP contribution in [-0.4, -0.2) is 29.4 Å². The molecule has 3 heteroatoms. The summed E-state index contributed by atoms with van der Waals surface area (Å²) in [5.74, 6) is 0.236. The van der Waals surface area contributed by atoms with E-state index in [2.05, 4.69) is 17.9 Å². The molecule has 2 bridgehead atoms. The van der Waals surface area contributed by atoms with Crippen molar-refractivity contribution in [3.63, 3.8) is 0 Å². The lowest BCUT2D eigenvalue weighted by Gasteiger charge is -2.38. The van der Waals surface area contributed by atoms with Crippen molar-refractivity contribution in [2.24, 2.45) is 5.73 Å². The van der Waals surface area contributed by atoms with Crippen LogP contribution in [0.1, 0.15) is 47.5 Å². The van der Waals surface area contributed by atoms with Crippen molar-refractivity contribution in [1.29, 1.82) is 0 Å². The van der Waals surface area contributed by atoms with Gasteiger partial charge in [0.1, 0.15) is 0 Å². The van der Waals surface area contributed by atoms with E-state index < -0.39 is 0 Å². The van der Waals surface area contributed by atoms with Crippen molar-refractivity contribution in [3.8, 4) is 0 Å². The van der Waals surface area contributed by atoms with Crippen LogP contribution in [0.5, 0.6) is 0 Å². The molecular formula is C16H21N2O. The number of amides is 1. The molecule has 2 fully saturated rings. The number of hydrogen-bond acceptors (Lipinski definition) is 2. The standard InChI is InChI=1S/C16H21N2O/c1-2-18-14-6-7-15(18)10-13(9-14)11-4-3-5-12(8-11)16(17)19/h3-5,8,13-15H,1-2,6-7,9-10H2,(H2,17,19). The van der Waals surface area contributed by atoms with Gasteiger partial charge in [0.05, 0.1) is 0 Å². The smallest absolute Gasteiger partial charge is 0.248 e.